The Bertz CT molecular complexity index is 383. The Balaban J connectivity index is 1.94. The Labute approximate surface area is 89.8 Å². The average molecular weight is 227 g/mol. The van der Waals surface area contributed by atoms with Crippen LogP contribution in [0.2, 0.25) is 0 Å². The second-order valence-electron chi connectivity index (χ2n) is 2.76. The third-order valence-electron chi connectivity index (χ3n) is 1.48. The van der Waals surface area contributed by atoms with Crippen LogP contribution in [0, 0.1) is 13.8 Å². The quantitative estimate of drug-likeness (QED) is 0.754. The highest BCUT2D eigenvalue weighted by atomic mass is 32.2. The highest BCUT2D eigenvalue weighted by Crippen LogP contribution is 2.25. The molecule has 0 aliphatic rings. The predicted molar refractivity (Wildman–Crippen MR) is 55.4 cm³/mol. The van der Waals surface area contributed by atoms with Gasteiger partial charge in [0.25, 0.3) is 0 Å². The number of aryl methyl sites for hydroxylation is 2. The van der Waals surface area contributed by atoms with Gasteiger partial charge in [-0.2, -0.15) is 0 Å². The number of rotatable bonds is 3. The lowest BCUT2D eigenvalue weighted by molar-refractivity contribution is 0.485. The van der Waals surface area contributed by atoms with Gasteiger partial charge >= 0.3 is 0 Å². The molecule has 0 unspecified atom stereocenters. The van der Waals surface area contributed by atoms with E-state index in [4.69, 9.17) is 4.42 Å². The molecule has 14 heavy (non-hydrogen) atoms. The minimum atomic E-state index is 0.607. The molecular formula is C8H9N3OS2. The second kappa shape index (κ2) is 4.10. The summed E-state index contributed by atoms with van der Waals surface area (Å²) in [7, 11) is 0. The van der Waals surface area contributed by atoms with Gasteiger partial charge in [-0.1, -0.05) is 11.8 Å². The molecule has 0 bridgehead atoms. The second-order valence-corrected chi connectivity index (χ2v) is 4.84. The van der Waals surface area contributed by atoms with Crippen molar-refractivity contribution in [1.82, 2.24) is 15.2 Å². The number of hydrogen-bond acceptors (Lipinski definition) is 6. The predicted octanol–water partition coefficient (Wildman–Crippen LogP) is 2.44. The summed E-state index contributed by atoms with van der Waals surface area (Å²) in [5.74, 6) is 1.95. The molecule has 74 valence electrons. The van der Waals surface area contributed by atoms with Crippen LogP contribution in [0.25, 0.3) is 0 Å². The van der Waals surface area contributed by atoms with Gasteiger partial charge in [0, 0.05) is 18.0 Å². The summed E-state index contributed by atoms with van der Waals surface area (Å²) >= 11 is 3.26. The zero-order chi connectivity index (χ0) is 9.97. The van der Waals surface area contributed by atoms with Crippen LogP contribution in [0.4, 0.5) is 0 Å². The molecule has 0 aromatic carbocycles. The molecule has 0 N–H and O–H groups in total. The van der Waals surface area contributed by atoms with E-state index >= 15 is 0 Å². The van der Waals surface area contributed by atoms with Gasteiger partial charge in [0.15, 0.2) is 4.34 Å². The van der Waals surface area contributed by atoms with Gasteiger partial charge in [0.1, 0.15) is 0 Å². The van der Waals surface area contributed by atoms with Crippen molar-refractivity contribution in [2.75, 3.05) is 0 Å². The lowest BCUT2D eigenvalue weighted by Gasteiger charge is -1.90. The van der Waals surface area contributed by atoms with Crippen LogP contribution in [0.1, 0.15) is 17.5 Å². The van der Waals surface area contributed by atoms with Crippen LogP contribution in [-0.4, -0.2) is 15.2 Å². The van der Waals surface area contributed by atoms with Gasteiger partial charge in [-0.25, -0.2) is 4.98 Å². The summed E-state index contributed by atoms with van der Waals surface area (Å²) in [6.45, 7) is 3.77. The monoisotopic (exact) mass is 227 g/mol. The fraction of sp³-hybridized carbons (Fsp3) is 0.375. The molecule has 0 amide bonds. The van der Waals surface area contributed by atoms with Gasteiger partial charge in [0.05, 0.1) is 5.75 Å². The molecule has 0 spiro atoms. The van der Waals surface area contributed by atoms with Crippen molar-refractivity contribution in [2.24, 2.45) is 0 Å². The molecule has 0 aliphatic carbocycles. The molecule has 6 heteroatoms. The van der Waals surface area contributed by atoms with Gasteiger partial charge < -0.3 is 4.42 Å². The third kappa shape index (κ3) is 2.33. The van der Waals surface area contributed by atoms with E-state index in [-0.39, 0.29) is 0 Å². The Morgan fingerprint density at radius 2 is 2.29 bits per heavy atom. The van der Waals surface area contributed by atoms with E-state index in [1.54, 1.807) is 30.0 Å². The highest BCUT2D eigenvalue weighted by Gasteiger charge is 2.05. The van der Waals surface area contributed by atoms with Gasteiger partial charge in [-0.3, -0.25) is 0 Å². The maximum Gasteiger partial charge on any atom is 0.226 e. The molecule has 4 nitrogen and oxygen atoms in total. The Morgan fingerprint density at radius 1 is 1.43 bits per heavy atom. The van der Waals surface area contributed by atoms with Crippen molar-refractivity contribution in [1.29, 1.82) is 0 Å². The number of nitrogens with zero attached hydrogens (tertiary/aromatic N) is 3. The fourth-order valence-electron chi connectivity index (χ4n) is 0.918. The zero-order valence-electron chi connectivity index (χ0n) is 7.85. The molecular weight excluding hydrogens is 218 g/mol. The number of hydrogen-bond donors (Lipinski definition) is 0. The van der Waals surface area contributed by atoms with Crippen molar-refractivity contribution in [3.8, 4) is 0 Å². The van der Waals surface area contributed by atoms with E-state index in [9.17, 15) is 0 Å². The largest absolute Gasteiger partial charge is 0.425 e. The SMILES string of the molecule is Cc1csc(SCc2nnc(C)o2)n1. The van der Waals surface area contributed by atoms with Crippen molar-refractivity contribution in [2.45, 2.75) is 23.9 Å². The Hall–Kier alpha value is -0.880. The number of aromatic nitrogens is 3. The minimum Gasteiger partial charge on any atom is -0.425 e. The minimum absolute atomic E-state index is 0.607. The van der Waals surface area contributed by atoms with Crippen LogP contribution in [0.3, 0.4) is 0 Å². The fourth-order valence-corrected chi connectivity index (χ4v) is 2.60. The molecule has 0 radical (unpaired) electrons. The van der Waals surface area contributed by atoms with Crippen molar-refractivity contribution >= 4 is 23.1 Å². The first-order valence-electron chi connectivity index (χ1n) is 4.08. The van der Waals surface area contributed by atoms with E-state index in [2.05, 4.69) is 15.2 Å². The lowest BCUT2D eigenvalue weighted by atomic mass is 10.6. The third-order valence-corrected chi connectivity index (χ3v) is 3.61. The summed E-state index contributed by atoms with van der Waals surface area (Å²) in [6.07, 6.45) is 0. The van der Waals surface area contributed by atoms with Crippen LogP contribution in [-0.2, 0) is 5.75 Å². The first-order valence-corrected chi connectivity index (χ1v) is 5.94. The van der Waals surface area contributed by atoms with Gasteiger partial charge in [-0.15, -0.1) is 21.5 Å². The van der Waals surface area contributed by atoms with Crippen LogP contribution < -0.4 is 0 Å². The van der Waals surface area contributed by atoms with E-state index in [1.807, 2.05) is 12.3 Å². The standard InChI is InChI=1S/C8H9N3OS2/c1-5-3-13-8(9-5)14-4-7-11-10-6(2)12-7/h3H,4H2,1-2H3. The Kier molecular flexibility index (Phi) is 2.83. The van der Waals surface area contributed by atoms with E-state index < -0.39 is 0 Å². The molecule has 2 aromatic rings. The number of thioether (sulfide) groups is 1. The maximum absolute atomic E-state index is 5.25. The maximum atomic E-state index is 5.25. The average Bonchev–Trinajstić information content (AvgIpc) is 2.72. The molecule has 0 saturated heterocycles. The summed E-state index contributed by atoms with van der Waals surface area (Å²) in [4.78, 5) is 4.32. The molecule has 0 saturated carbocycles. The first-order chi connectivity index (χ1) is 6.74. The van der Waals surface area contributed by atoms with Crippen LogP contribution in [0.15, 0.2) is 14.1 Å². The van der Waals surface area contributed by atoms with Gasteiger partial charge in [0.2, 0.25) is 11.8 Å². The highest BCUT2D eigenvalue weighted by molar-refractivity contribution is 8.00. The molecule has 0 aliphatic heterocycles. The van der Waals surface area contributed by atoms with Crippen LogP contribution in [0.5, 0.6) is 0 Å². The van der Waals surface area contributed by atoms with E-state index in [0.29, 0.717) is 17.5 Å². The lowest BCUT2D eigenvalue weighted by Crippen LogP contribution is -1.80. The van der Waals surface area contributed by atoms with E-state index in [1.165, 1.54) is 0 Å². The summed E-state index contributed by atoms with van der Waals surface area (Å²) in [5, 5.41) is 9.69. The normalized spacial score (nSPS) is 10.7. The zero-order valence-corrected chi connectivity index (χ0v) is 9.48. The van der Waals surface area contributed by atoms with Crippen molar-refractivity contribution in [3.63, 3.8) is 0 Å². The molecule has 2 heterocycles. The summed E-state index contributed by atoms with van der Waals surface area (Å²) in [6, 6.07) is 0. The van der Waals surface area contributed by atoms with Gasteiger partial charge in [-0.05, 0) is 6.92 Å². The van der Waals surface area contributed by atoms with Crippen molar-refractivity contribution in [3.05, 3.63) is 22.9 Å². The smallest absolute Gasteiger partial charge is 0.226 e. The molecule has 0 atom stereocenters. The molecule has 2 rings (SSSR count). The van der Waals surface area contributed by atoms with Crippen molar-refractivity contribution < 1.29 is 4.42 Å². The van der Waals surface area contributed by atoms with E-state index in [0.717, 1.165) is 10.0 Å². The summed E-state index contributed by atoms with van der Waals surface area (Å²) in [5.41, 5.74) is 1.05. The molecule has 0 fully saturated rings. The topological polar surface area (TPSA) is 51.8 Å². The van der Waals surface area contributed by atoms with Crippen LogP contribution >= 0.6 is 23.1 Å². The summed E-state index contributed by atoms with van der Waals surface area (Å²) < 4.78 is 6.29. The Morgan fingerprint density at radius 3 is 2.86 bits per heavy atom. The first kappa shape index (κ1) is 9.67. The molecule has 2 aromatic heterocycles. The number of thiazole rings is 1.